The molecule has 2 aliphatic heterocycles. The first kappa shape index (κ1) is 27.5. The number of benzene rings is 1. The molecule has 0 N–H and O–H groups in total. The number of hydrogen-bond acceptors (Lipinski definition) is 8. The van der Waals surface area contributed by atoms with E-state index in [2.05, 4.69) is 69.9 Å². The molecule has 1 atom stereocenters. The van der Waals surface area contributed by atoms with E-state index in [0.29, 0.717) is 38.8 Å². The number of thiophene rings is 1. The number of hydrogen-bond donors (Lipinski definition) is 0. The zero-order valence-electron chi connectivity index (χ0n) is 23.9. The average molecular weight is 572 g/mol. The lowest BCUT2D eigenvalue weighted by Crippen LogP contribution is -2.56. The molecule has 1 amide bonds. The van der Waals surface area contributed by atoms with E-state index < -0.39 is 0 Å². The average Bonchev–Trinajstić information content (AvgIpc) is 3.55. The molecule has 0 bridgehead atoms. The van der Waals surface area contributed by atoms with Gasteiger partial charge in [-0.2, -0.15) is 9.97 Å². The van der Waals surface area contributed by atoms with Crippen molar-refractivity contribution in [2.45, 2.75) is 31.8 Å². The first-order valence-corrected chi connectivity index (χ1v) is 15.2. The predicted molar refractivity (Wildman–Crippen MR) is 164 cm³/mol. The van der Waals surface area contributed by atoms with E-state index in [-0.39, 0.29) is 23.9 Å². The number of aromatic nitrogens is 2. The SMILES string of the molecule is [C-]#[N+]CC1CN(c2nc(OCC3(CN(C)C)CC3)nc3c2CCN(c2cccc4ccsc24)C3)CCN1C(=O)C=C. The highest BCUT2D eigenvalue weighted by molar-refractivity contribution is 7.17. The number of anilines is 2. The van der Waals surface area contributed by atoms with Crippen LogP contribution in [0.3, 0.4) is 0 Å². The Bertz CT molecular complexity index is 1490. The van der Waals surface area contributed by atoms with E-state index in [1.807, 2.05) is 0 Å². The fourth-order valence-corrected chi connectivity index (χ4v) is 7.22. The Morgan fingerprint density at radius 2 is 2.10 bits per heavy atom. The summed E-state index contributed by atoms with van der Waals surface area (Å²) in [5, 5.41) is 3.41. The molecule has 0 radical (unpaired) electrons. The molecule has 6 rings (SSSR count). The lowest BCUT2D eigenvalue weighted by atomic mass is 10.0. The maximum atomic E-state index is 12.5. The molecule has 1 aliphatic carbocycles. The Morgan fingerprint density at radius 3 is 2.85 bits per heavy atom. The second-order valence-corrected chi connectivity index (χ2v) is 12.7. The van der Waals surface area contributed by atoms with Crippen LogP contribution in [0.2, 0.25) is 0 Å². The van der Waals surface area contributed by atoms with Crippen LogP contribution in [0.25, 0.3) is 14.9 Å². The van der Waals surface area contributed by atoms with Gasteiger partial charge in [0.15, 0.2) is 0 Å². The summed E-state index contributed by atoms with van der Waals surface area (Å²) in [6.45, 7) is 16.3. The van der Waals surface area contributed by atoms with E-state index >= 15 is 0 Å². The van der Waals surface area contributed by atoms with Crippen molar-refractivity contribution >= 4 is 38.8 Å². The van der Waals surface area contributed by atoms with Crippen molar-refractivity contribution in [2.75, 3.05) is 69.8 Å². The van der Waals surface area contributed by atoms with Crippen LogP contribution >= 0.6 is 11.3 Å². The zero-order chi connectivity index (χ0) is 28.6. The highest BCUT2D eigenvalue weighted by Gasteiger charge is 2.44. The van der Waals surface area contributed by atoms with Crippen molar-refractivity contribution in [3.63, 3.8) is 0 Å². The van der Waals surface area contributed by atoms with E-state index in [4.69, 9.17) is 21.3 Å². The van der Waals surface area contributed by atoms with Crippen LogP contribution in [0.15, 0.2) is 42.3 Å². The molecule has 3 aromatic rings. The van der Waals surface area contributed by atoms with Gasteiger partial charge in [-0.15, -0.1) is 11.3 Å². The number of amides is 1. The van der Waals surface area contributed by atoms with Gasteiger partial charge in [-0.1, -0.05) is 18.7 Å². The first-order valence-electron chi connectivity index (χ1n) is 14.3. The highest BCUT2D eigenvalue weighted by atomic mass is 32.1. The van der Waals surface area contributed by atoms with Crippen LogP contribution in [0.1, 0.15) is 24.1 Å². The molecule has 10 heteroatoms. The largest absolute Gasteiger partial charge is 0.463 e. The molecule has 3 aliphatic rings. The van der Waals surface area contributed by atoms with Gasteiger partial charge in [0.1, 0.15) is 11.9 Å². The van der Waals surface area contributed by atoms with Gasteiger partial charge in [-0.05, 0) is 62.3 Å². The molecule has 1 saturated heterocycles. The summed E-state index contributed by atoms with van der Waals surface area (Å²) in [4.78, 5) is 34.8. The fourth-order valence-electron chi connectivity index (χ4n) is 6.28. The highest BCUT2D eigenvalue weighted by Crippen LogP contribution is 2.46. The van der Waals surface area contributed by atoms with Crippen LogP contribution in [0.4, 0.5) is 11.5 Å². The molecule has 0 spiro atoms. The molecule has 2 aromatic heterocycles. The van der Waals surface area contributed by atoms with Crippen LogP contribution in [0.5, 0.6) is 6.01 Å². The molecule has 9 nitrogen and oxygen atoms in total. The topological polar surface area (TPSA) is 69.4 Å². The molecule has 214 valence electrons. The summed E-state index contributed by atoms with van der Waals surface area (Å²) in [5.74, 6) is 0.762. The standard InChI is InChI=1S/C31H37N7O2S/c1-5-27(39)38-15-14-37(18-23(38)17-32-2)29-24-9-13-36(26-8-6-7-22-10-16-41-28(22)26)19-25(24)33-30(34-29)40-21-31(11-12-31)20-35(3)4/h5-8,10,16,23H,1,9,11-15,17-21H2,3-4H3. The molecular formula is C31H37N7O2S. The zero-order valence-corrected chi connectivity index (χ0v) is 24.7. The molecule has 4 heterocycles. The van der Waals surface area contributed by atoms with Crippen LogP contribution in [-0.4, -0.2) is 91.7 Å². The summed E-state index contributed by atoms with van der Waals surface area (Å²) < 4.78 is 7.66. The third-order valence-corrected chi connectivity index (χ3v) is 9.43. The second kappa shape index (κ2) is 11.3. The van der Waals surface area contributed by atoms with Crippen LogP contribution in [-0.2, 0) is 17.8 Å². The molecule has 1 saturated carbocycles. The molecule has 1 unspecified atom stereocenters. The fraction of sp³-hybridized carbons (Fsp3) is 0.484. The van der Waals surface area contributed by atoms with Gasteiger partial charge in [-0.25, -0.2) is 6.57 Å². The van der Waals surface area contributed by atoms with Crippen molar-refractivity contribution in [1.29, 1.82) is 0 Å². The Balaban J connectivity index is 1.32. The first-order chi connectivity index (χ1) is 19.9. The number of nitrogens with zero attached hydrogens (tertiary/aromatic N) is 7. The molecule has 41 heavy (non-hydrogen) atoms. The maximum Gasteiger partial charge on any atom is 0.318 e. The smallest absolute Gasteiger partial charge is 0.318 e. The lowest BCUT2D eigenvalue weighted by molar-refractivity contribution is -0.128. The minimum absolute atomic E-state index is 0.124. The van der Waals surface area contributed by atoms with Gasteiger partial charge in [0.2, 0.25) is 12.5 Å². The minimum atomic E-state index is -0.215. The van der Waals surface area contributed by atoms with E-state index in [1.165, 1.54) is 21.8 Å². The van der Waals surface area contributed by atoms with Gasteiger partial charge in [0.25, 0.3) is 0 Å². The Hall–Kier alpha value is -3.68. The Labute approximate surface area is 245 Å². The van der Waals surface area contributed by atoms with E-state index in [0.717, 1.165) is 49.4 Å². The minimum Gasteiger partial charge on any atom is -0.463 e. The number of carbonyl (C=O) groups is 1. The third kappa shape index (κ3) is 5.61. The van der Waals surface area contributed by atoms with Crippen molar-refractivity contribution in [1.82, 2.24) is 19.8 Å². The number of fused-ring (bicyclic) bond motifs is 2. The van der Waals surface area contributed by atoms with E-state index in [9.17, 15) is 4.79 Å². The normalized spacial score (nSPS) is 19.7. The number of piperazine rings is 1. The summed E-state index contributed by atoms with van der Waals surface area (Å²) >= 11 is 1.77. The number of carbonyl (C=O) groups excluding carboxylic acids is 1. The van der Waals surface area contributed by atoms with Crippen LogP contribution < -0.4 is 14.5 Å². The van der Waals surface area contributed by atoms with Gasteiger partial charge in [0.05, 0.1) is 29.2 Å². The monoisotopic (exact) mass is 571 g/mol. The van der Waals surface area contributed by atoms with E-state index in [1.54, 1.807) is 16.2 Å². The summed E-state index contributed by atoms with van der Waals surface area (Å²) in [6, 6.07) is 8.87. The summed E-state index contributed by atoms with van der Waals surface area (Å²) in [5.41, 5.74) is 3.55. The van der Waals surface area contributed by atoms with Crippen molar-refractivity contribution in [2.24, 2.45) is 5.41 Å². The van der Waals surface area contributed by atoms with Crippen molar-refractivity contribution in [3.8, 4) is 6.01 Å². The number of ether oxygens (including phenoxy) is 1. The summed E-state index contributed by atoms with van der Waals surface area (Å²) in [7, 11) is 4.21. The summed E-state index contributed by atoms with van der Waals surface area (Å²) in [6.07, 6.45) is 4.46. The Morgan fingerprint density at radius 1 is 1.24 bits per heavy atom. The maximum absolute atomic E-state index is 12.5. The van der Waals surface area contributed by atoms with Gasteiger partial charge < -0.3 is 29.2 Å². The number of rotatable bonds is 9. The molecule has 1 aromatic carbocycles. The van der Waals surface area contributed by atoms with Gasteiger partial charge in [-0.3, -0.25) is 4.79 Å². The second-order valence-electron chi connectivity index (χ2n) is 11.7. The lowest BCUT2D eigenvalue weighted by Gasteiger charge is -2.41. The predicted octanol–water partition coefficient (Wildman–Crippen LogP) is 4.10. The van der Waals surface area contributed by atoms with Crippen molar-refractivity contribution in [3.05, 3.63) is 65.0 Å². The van der Waals surface area contributed by atoms with Crippen molar-refractivity contribution < 1.29 is 9.53 Å². The third-order valence-electron chi connectivity index (χ3n) is 8.48. The van der Waals surface area contributed by atoms with Gasteiger partial charge in [0, 0.05) is 43.7 Å². The van der Waals surface area contributed by atoms with Gasteiger partial charge >= 0.3 is 6.01 Å². The van der Waals surface area contributed by atoms with Crippen LogP contribution in [0, 0.1) is 12.0 Å². The Kier molecular flexibility index (Phi) is 7.58. The molecular weight excluding hydrogens is 534 g/mol. The quantitative estimate of drug-likeness (QED) is 0.283. The molecule has 2 fully saturated rings.